The van der Waals surface area contributed by atoms with E-state index in [2.05, 4.69) is 4.98 Å². The minimum Gasteiger partial charge on any atom is -0.383 e. The maximum absolute atomic E-state index is 14.1. The van der Waals surface area contributed by atoms with Gasteiger partial charge in [0.1, 0.15) is 17.2 Å². The van der Waals surface area contributed by atoms with Crippen LogP contribution in [0.25, 0.3) is 22.6 Å². The zero-order valence-electron chi connectivity index (χ0n) is 19.2. The number of halogens is 2. The molecule has 9 nitrogen and oxygen atoms in total. The highest BCUT2D eigenvalue weighted by molar-refractivity contribution is 5.86. The van der Waals surface area contributed by atoms with Crippen LogP contribution in [0.3, 0.4) is 0 Å². The number of fused-ring (bicyclic) bond motifs is 3. The number of rotatable bonds is 5. The van der Waals surface area contributed by atoms with Crippen molar-refractivity contribution in [3.8, 4) is 11.4 Å². The van der Waals surface area contributed by atoms with Crippen LogP contribution in [0.1, 0.15) is 44.5 Å². The van der Waals surface area contributed by atoms with Gasteiger partial charge in [-0.2, -0.15) is 0 Å². The Kier molecular flexibility index (Phi) is 4.79. The van der Waals surface area contributed by atoms with Crippen LogP contribution < -0.4 is 10.6 Å². The smallest absolute Gasteiger partial charge is 0.266 e. The molecule has 180 valence electrons. The number of nitrogens with zero attached hydrogens (tertiary/aromatic N) is 6. The van der Waals surface area contributed by atoms with Crippen molar-refractivity contribution in [2.24, 2.45) is 0 Å². The summed E-state index contributed by atoms with van der Waals surface area (Å²) in [5.74, 6) is -0.867. The molecule has 0 spiro atoms. The van der Waals surface area contributed by atoms with E-state index in [4.69, 9.17) is 30.2 Å². The third kappa shape index (κ3) is 3.76. The second kappa shape index (κ2) is 7.54. The molecular weight excluding hydrogens is 444 g/mol. The third-order valence-corrected chi connectivity index (χ3v) is 6.62. The van der Waals surface area contributed by atoms with E-state index >= 15 is 0 Å². The molecule has 1 saturated carbocycles. The lowest BCUT2D eigenvalue weighted by atomic mass is 10.1. The van der Waals surface area contributed by atoms with Crippen molar-refractivity contribution in [3.63, 3.8) is 0 Å². The van der Waals surface area contributed by atoms with Crippen LogP contribution in [0.4, 0.5) is 20.4 Å². The highest BCUT2D eigenvalue weighted by Gasteiger charge is 2.41. The van der Waals surface area contributed by atoms with E-state index in [0.29, 0.717) is 59.8 Å². The first-order valence-electron chi connectivity index (χ1n) is 11.6. The Bertz CT molecular complexity index is 1270. The van der Waals surface area contributed by atoms with Crippen LogP contribution in [0, 0.1) is 0 Å². The summed E-state index contributed by atoms with van der Waals surface area (Å²) in [6, 6.07) is 1.87. The molecule has 0 radical (unpaired) electrons. The van der Waals surface area contributed by atoms with Crippen molar-refractivity contribution >= 4 is 22.8 Å². The number of anilines is 2. The molecule has 6 rings (SSSR count). The molecule has 3 aromatic heterocycles. The van der Waals surface area contributed by atoms with Gasteiger partial charge in [-0.3, -0.25) is 0 Å². The molecule has 1 aliphatic carbocycles. The number of ether oxygens (including phenoxy) is 2. The summed E-state index contributed by atoms with van der Waals surface area (Å²) in [6.07, 6.45) is 3.79. The molecule has 1 saturated heterocycles. The van der Waals surface area contributed by atoms with Crippen molar-refractivity contribution in [2.75, 3.05) is 30.3 Å². The van der Waals surface area contributed by atoms with Crippen LogP contribution in [0.5, 0.6) is 0 Å². The summed E-state index contributed by atoms with van der Waals surface area (Å²) in [5.41, 5.74) is 7.98. The number of imidazole rings is 1. The molecule has 0 aromatic carbocycles. The summed E-state index contributed by atoms with van der Waals surface area (Å²) in [4.78, 5) is 20.3. The zero-order chi connectivity index (χ0) is 23.7. The van der Waals surface area contributed by atoms with Crippen LogP contribution in [0.2, 0.25) is 0 Å². The second-order valence-corrected chi connectivity index (χ2v) is 9.80. The van der Waals surface area contributed by atoms with Gasteiger partial charge in [0, 0.05) is 36.8 Å². The minimum absolute atomic E-state index is 0.196. The van der Waals surface area contributed by atoms with Gasteiger partial charge in [0.2, 0.25) is 0 Å². The van der Waals surface area contributed by atoms with Gasteiger partial charge >= 0.3 is 0 Å². The van der Waals surface area contributed by atoms with Crippen LogP contribution >= 0.6 is 0 Å². The molecule has 34 heavy (non-hydrogen) atoms. The Labute approximate surface area is 195 Å². The first-order chi connectivity index (χ1) is 16.2. The monoisotopic (exact) mass is 471 g/mol. The van der Waals surface area contributed by atoms with Gasteiger partial charge in [-0.05, 0) is 32.8 Å². The van der Waals surface area contributed by atoms with Gasteiger partial charge in [0.25, 0.3) is 5.92 Å². The summed E-state index contributed by atoms with van der Waals surface area (Å²) in [6.45, 7) is 5.12. The molecule has 0 unspecified atom stereocenters. The Morgan fingerprint density at radius 3 is 2.76 bits per heavy atom. The summed E-state index contributed by atoms with van der Waals surface area (Å²) in [7, 11) is 0. The van der Waals surface area contributed by atoms with E-state index in [1.165, 1.54) is 0 Å². The van der Waals surface area contributed by atoms with Crippen molar-refractivity contribution in [2.45, 2.75) is 63.9 Å². The number of pyridine rings is 1. The largest absolute Gasteiger partial charge is 0.383 e. The van der Waals surface area contributed by atoms with E-state index < -0.39 is 18.1 Å². The number of hydrogen-bond acceptors (Lipinski definition) is 8. The highest BCUT2D eigenvalue weighted by Crippen LogP contribution is 2.38. The first-order valence-corrected chi connectivity index (χ1v) is 11.6. The molecule has 2 fully saturated rings. The van der Waals surface area contributed by atoms with Gasteiger partial charge < -0.3 is 24.7 Å². The standard InChI is InChI=1S/C23H27F2N7O2/c1-22(2)21-28-16-19(31-6-5-23(24,25)12-31)29-18(30-20(16)32(21)7-8-34-22)13-9-14(17(26)27-10-13)11-33-15-3-4-15/h9-10,15H,3-8,11-12H2,1-2H3,(H2,26,27). The zero-order valence-corrected chi connectivity index (χ0v) is 19.2. The van der Waals surface area contributed by atoms with E-state index in [9.17, 15) is 8.78 Å². The molecule has 3 aromatic rings. The lowest BCUT2D eigenvalue weighted by Crippen LogP contribution is -2.33. The Morgan fingerprint density at radius 1 is 1.21 bits per heavy atom. The van der Waals surface area contributed by atoms with Crippen molar-refractivity contribution < 1.29 is 18.3 Å². The lowest BCUT2D eigenvalue weighted by Gasteiger charge is -2.30. The maximum Gasteiger partial charge on any atom is 0.266 e. The Hall–Kier alpha value is -2.92. The van der Waals surface area contributed by atoms with Crippen molar-refractivity contribution in [1.82, 2.24) is 24.5 Å². The third-order valence-electron chi connectivity index (χ3n) is 6.62. The molecule has 5 heterocycles. The molecule has 2 N–H and O–H groups in total. The molecule has 0 bridgehead atoms. The number of hydrogen-bond donors (Lipinski definition) is 1. The van der Waals surface area contributed by atoms with Gasteiger partial charge in [0.05, 0.1) is 25.9 Å². The van der Waals surface area contributed by atoms with Crippen molar-refractivity contribution in [1.29, 1.82) is 0 Å². The maximum atomic E-state index is 14.1. The van der Waals surface area contributed by atoms with Gasteiger partial charge in [0.15, 0.2) is 22.8 Å². The number of alkyl halides is 2. The number of nitrogens with two attached hydrogens (primary N) is 1. The lowest BCUT2D eigenvalue weighted by molar-refractivity contribution is -0.0530. The van der Waals surface area contributed by atoms with Crippen LogP contribution in [-0.4, -0.2) is 56.2 Å². The van der Waals surface area contributed by atoms with Crippen LogP contribution in [0.15, 0.2) is 12.3 Å². The molecule has 2 aliphatic heterocycles. The van der Waals surface area contributed by atoms with Crippen molar-refractivity contribution in [3.05, 3.63) is 23.7 Å². The van der Waals surface area contributed by atoms with E-state index in [1.807, 2.05) is 24.5 Å². The topological polar surface area (TPSA) is 104 Å². The Balaban J connectivity index is 1.49. The summed E-state index contributed by atoms with van der Waals surface area (Å²) < 4.78 is 42.0. The summed E-state index contributed by atoms with van der Waals surface area (Å²) in [5, 5.41) is 0. The first kappa shape index (κ1) is 21.6. The molecule has 3 aliphatic rings. The van der Waals surface area contributed by atoms with E-state index in [0.717, 1.165) is 18.4 Å². The molecule has 11 heteroatoms. The predicted octanol–water partition coefficient (Wildman–Crippen LogP) is 3.26. The van der Waals surface area contributed by atoms with Gasteiger partial charge in [-0.15, -0.1) is 0 Å². The fraction of sp³-hybridized carbons (Fsp3) is 0.565. The minimum atomic E-state index is -2.77. The average Bonchev–Trinajstić information content (AvgIpc) is 3.43. The fourth-order valence-electron chi connectivity index (χ4n) is 4.58. The Morgan fingerprint density at radius 2 is 2.03 bits per heavy atom. The fourth-order valence-corrected chi connectivity index (χ4v) is 4.58. The predicted molar refractivity (Wildman–Crippen MR) is 122 cm³/mol. The SMILES string of the molecule is CC1(C)OCCn2c1nc1c(N3CCC(F)(F)C3)nc(-c3cnc(N)c(COC4CC4)c3)nc12. The van der Waals surface area contributed by atoms with E-state index in [1.54, 1.807) is 11.1 Å². The molecule has 0 atom stereocenters. The molecule has 0 amide bonds. The summed E-state index contributed by atoms with van der Waals surface area (Å²) >= 11 is 0. The second-order valence-electron chi connectivity index (χ2n) is 9.80. The number of nitrogen functional groups attached to an aromatic ring is 1. The normalized spacial score (nSPS) is 21.2. The van der Waals surface area contributed by atoms with Gasteiger partial charge in [-0.1, -0.05) is 0 Å². The number of aromatic nitrogens is 5. The average molecular weight is 472 g/mol. The quantitative estimate of drug-likeness (QED) is 0.605. The molecular formula is C23H27F2N7O2. The van der Waals surface area contributed by atoms with Crippen LogP contribution in [-0.2, 0) is 28.2 Å². The highest BCUT2D eigenvalue weighted by atomic mass is 19.3. The van der Waals surface area contributed by atoms with Gasteiger partial charge in [-0.25, -0.2) is 28.7 Å². The van der Waals surface area contributed by atoms with E-state index in [-0.39, 0.29) is 19.1 Å².